The lowest BCUT2D eigenvalue weighted by Crippen LogP contribution is -2.14. The summed E-state index contributed by atoms with van der Waals surface area (Å²) in [7, 11) is -3.77. The van der Waals surface area contributed by atoms with Crippen LogP contribution in [0.2, 0.25) is 0 Å². The fourth-order valence-corrected chi connectivity index (χ4v) is 1.42. The first kappa shape index (κ1) is 11.1. The maximum Gasteiger partial charge on any atom is 0.325 e. The van der Waals surface area contributed by atoms with Crippen molar-refractivity contribution >= 4 is 7.60 Å². The van der Waals surface area contributed by atoms with Crippen molar-refractivity contribution in [3.63, 3.8) is 0 Å². The van der Waals surface area contributed by atoms with Gasteiger partial charge in [0.05, 0.1) is 0 Å². The van der Waals surface area contributed by atoms with Crippen LogP contribution < -0.4 is 5.73 Å². The highest BCUT2D eigenvalue weighted by molar-refractivity contribution is 7.51. The van der Waals surface area contributed by atoms with E-state index in [2.05, 4.69) is 0 Å². The third-order valence-corrected chi connectivity index (χ3v) is 2.26. The number of hydrogen-bond acceptors (Lipinski definition) is 2. The summed E-state index contributed by atoms with van der Waals surface area (Å²) < 4.78 is 10.3. The van der Waals surface area contributed by atoms with Gasteiger partial charge in [0.15, 0.2) is 0 Å². The molecule has 4 nitrogen and oxygen atoms in total. The number of rotatable bonds is 5. The highest BCUT2D eigenvalue weighted by Crippen LogP contribution is 2.35. The fraction of sp³-hybridized carbons (Fsp3) is 1.00. The molecule has 0 spiro atoms. The van der Waals surface area contributed by atoms with Crippen molar-refractivity contribution in [1.29, 1.82) is 0 Å². The van der Waals surface area contributed by atoms with Crippen molar-refractivity contribution in [2.45, 2.75) is 32.2 Å². The predicted molar refractivity (Wildman–Crippen MR) is 44.4 cm³/mol. The van der Waals surface area contributed by atoms with Gasteiger partial charge in [0.2, 0.25) is 0 Å². The Morgan fingerprint density at radius 3 is 2.36 bits per heavy atom. The lowest BCUT2D eigenvalue weighted by molar-refractivity contribution is 0.370. The van der Waals surface area contributed by atoms with Crippen LogP contribution >= 0.6 is 7.60 Å². The van der Waals surface area contributed by atoms with Gasteiger partial charge in [-0.25, -0.2) is 0 Å². The Hall–Kier alpha value is 0.110. The molecule has 0 fully saturated rings. The third-order valence-electron chi connectivity index (χ3n) is 1.36. The van der Waals surface area contributed by atoms with E-state index in [1.807, 2.05) is 6.92 Å². The smallest absolute Gasteiger partial charge is 0.325 e. The van der Waals surface area contributed by atoms with Crippen LogP contribution in [0.25, 0.3) is 0 Å². The van der Waals surface area contributed by atoms with Gasteiger partial charge in [0.1, 0.15) is 0 Å². The second-order valence-corrected chi connectivity index (χ2v) is 4.64. The molecule has 1 atom stereocenters. The molecule has 11 heavy (non-hydrogen) atoms. The van der Waals surface area contributed by atoms with Gasteiger partial charge in [-0.15, -0.1) is 0 Å². The van der Waals surface area contributed by atoms with E-state index in [-0.39, 0.29) is 12.2 Å². The molecular weight excluding hydrogens is 165 g/mol. The van der Waals surface area contributed by atoms with Crippen LogP contribution in [0.4, 0.5) is 0 Å². The van der Waals surface area contributed by atoms with Gasteiger partial charge in [-0.05, 0) is 19.8 Å². The summed E-state index contributed by atoms with van der Waals surface area (Å²) in [6.07, 6.45) is 2.17. The van der Waals surface area contributed by atoms with Crippen molar-refractivity contribution in [1.82, 2.24) is 0 Å². The molecule has 0 aliphatic rings. The summed E-state index contributed by atoms with van der Waals surface area (Å²) in [6, 6.07) is 0.131. The quantitative estimate of drug-likeness (QED) is 0.430. The minimum atomic E-state index is -3.77. The molecule has 0 amide bonds. The Labute approximate surface area is 67.0 Å². The molecule has 68 valence electrons. The van der Waals surface area contributed by atoms with Crippen molar-refractivity contribution in [3.8, 4) is 0 Å². The number of hydrogen-bond donors (Lipinski definition) is 3. The SMILES string of the molecule is CC(N)CCCCP(=O)(O)O. The van der Waals surface area contributed by atoms with E-state index in [1.54, 1.807) is 0 Å². The molecule has 0 aliphatic heterocycles. The molecule has 5 heteroatoms. The molecule has 0 saturated carbocycles. The van der Waals surface area contributed by atoms with Crippen LogP contribution in [0, 0.1) is 0 Å². The van der Waals surface area contributed by atoms with E-state index in [1.165, 1.54) is 0 Å². The Morgan fingerprint density at radius 1 is 1.45 bits per heavy atom. The van der Waals surface area contributed by atoms with E-state index < -0.39 is 7.60 Å². The zero-order valence-corrected chi connectivity index (χ0v) is 7.63. The Bertz CT molecular complexity index is 143. The lowest BCUT2D eigenvalue weighted by Gasteiger charge is -2.05. The summed E-state index contributed by atoms with van der Waals surface area (Å²) in [5.41, 5.74) is 5.45. The minimum Gasteiger partial charge on any atom is -0.328 e. The zero-order chi connectivity index (χ0) is 8.91. The van der Waals surface area contributed by atoms with Gasteiger partial charge in [-0.3, -0.25) is 4.57 Å². The summed E-state index contributed by atoms with van der Waals surface area (Å²) >= 11 is 0. The standard InChI is InChI=1S/C6H16NO3P/c1-6(7)4-2-3-5-11(8,9)10/h6H,2-5,7H2,1H3,(H2,8,9,10). The molecule has 0 saturated heterocycles. The molecule has 0 radical (unpaired) electrons. The summed E-state index contributed by atoms with van der Waals surface area (Å²) in [5.74, 6) is 0. The van der Waals surface area contributed by atoms with Crippen LogP contribution in [0.3, 0.4) is 0 Å². The van der Waals surface area contributed by atoms with Crippen LogP contribution in [-0.4, -0.2) is 22.0 Å². The Balaban J connectivity index is 3.22. The molecule has 4 N–H and O–H groups in total. The molecule has 0 heterocycles. The van der Waals surface area contributed by atoms with Crippen molar-refractivity contribution in [3.05, 3.63) is 0 Å². The van der Waals surface area contributed by atoms with Gasteiger partial charge in [-0.1, -0.05) is 6.42 Å². The van der Waals surface area contributed by atoms with Crippen molar-refractivity contribution < 1.29 is 14.4 Å². The molecule has 0 aromatic carbocycles. The molecule has 1 unspecified atom stereocenters. The van der Waals surface area contributed by atoms with Crippen molar-refractivity contribution in [2.75, 3.05) is 6.16 Å². The topological polar surface area (TPSA) is 83.6 Å². The number of unbranched alkanes of at least 4 members (excludes halogenated alkanes) is 1. The average Bonchev–Trinajstić information content (AvgIpc) is 1.78. The highest BCUT2D eigenvalue weighted by atomic mass is 31.2. The maximum atomic E-state index is 10.3. The van der Waals surface area contributed by atoms with E-state index >= 15 is 0 Å². The molecule has 0 aromatic rings. The zero-order valence-electron chi connectivity index (χ0n) is 6.73. The van der Waals surface area contributed by atoms with E-state index in [4.69, 9.17) is 15.5 Å². The first-order valence-electron chi connectivity index (χ1n) is 3.72. The number of nitrogens with two attached hydrogens (primary N) is 1. The highest BCUT2D eigenvalue weighted by Gasteiger charge is 2.11. The monoisotopic (exact) mass is 181 g/mol. The van der Waals surface area contributed by atoms with Gasteiger partial charge in [0.25, 0.3) is 0 Å². The van der Waals surface area contributed by atoms with Crippen LogP contribution in [-0.2, 0) is 4.57 Å². The van der Waals surface area contributed by atoms with Crippen LogP contribution in [0.1, 0.15) is 26.2 Å². The van der Waals surface area contributed by atoms with E-state index in [0.717, 1.165) is 12.8 Å². The van der Waals surface area contributed by atoms with E-state index in [9.17, 15) is 4.57 Å². The summed E-state index contributed by atoms with van der Waals surface area (Å²) in [5, 5.41) is 0. The largest absolute Gasteiger partial charge is 0.328 e. The van der Waals surface area contributed by atoms with Gasteiger partial charge in [-0.2, -0.15) is 0 Å². The van der Waals surface area contributed by atoms with Gasteiger partial charge < -0.3 is 15.5 Å². The fourth-order valence-electron chi connectivity index (χ4n) is 0.784. The normalized spacial score (nSPS) is 14.9. The van der Waals surface area contributed by atoms with Crippen LogP contribution in [0.5, 0.6) is 0 Å². The lowest BCUT2D eigenvalue weighted by atomic mass is 10.2. The average molecular weight is 181 g/mol. The Morgan fingerprint density at radius 2 is 2.00 bits per heavy atom. The summed E-state index contributed by atoms with van der Waals surface area (Å²) in [6.45, 7) is 1.89. The van der Waals surface area contributed by atoms with Crippen molar-refractivity contribution in [2.24, 2.45) is 5.73 Å². The molecule has 0 aromatic heterocycles. The van der Waals surface area contributed by atoms with Gasteiger partial charge >= 0.3 is 7.60 Å². The molecular formula is C6H16NO3P. The van der Waals surface area contributed by atoms with E-state index in [0.29, 0.717) is 6.42 Å². The third kappa shape index (κ3) is 10.1. The minimum absolute atomic E-state index is 0.0142. The molecule has 0 rings (SSSR count). The molecule has 0 bridgehead atoms. The summed E-state index contributed by atoms with van der Waals surface area (Å²) in [4.78, 5) is 16.9. The second-order valence-electron chi connectivity index (χ2n) is 2.86. The van der Waals surface area contributed by atoms with Gasteiger partial charge in [0, 0.05) is 12.2 Å². The second kappa shape index (κ2) is 4.88. The molecule has 0 aliphatic carbocycles. The first-order chi connectivity index (χ1) is 4.92. The predicted octanol–water partition coefficient (Wildman–Crippen LogP) is 0.682. The first-order valence-corrected chi connectivity index (χ1v) is 5.52. The maximum absolute atomic E-state index is 10.3. The van der Waals surface area contributed by atoms with Crippen LogP contribution in [0.15, 0.2) is 0 Å². The Kier molecular flexibility index (Phi) is 4.93.